The molecule has 1 aromatic rings. The van der Waals surface area contributed by atoms with Crippen molar-refractivity contribution in [2.75, 3.05) is 11.1 Å². The summed E-state index contributed by atoms with van der Waals surface area (Å²) in [5.74, 6) is 0. The van der Waals surface area contributed by atoms with Crippen LogP contribution in [0.25, 0.3) is 0 Å². The standard InChI is InChI=1S/C17H28N2/c1-12-6-7-13(8-15(12)18)19-14-9-16(2,3)11-17(4,5)10-14/h6-8,14,19H,9-11,18H2,1-5H3. The molecule has 1 fully saturated rings. The van der Waals surface area contributed by atoms with Crippen molar-refractivity contribution in [1.29, 1.82) is 0 Å². The largest absolute Gasteiger partial charge is 0.398 e. The number of nitrogens with one attached hydrogen (secondary N) is 1. The number of benzene rings is 1. The molecule has 1 aliphatic carbocycles. The van der Waals surface area contributed by atoms with E-state index >= 15 is 0 Å². The number of nitrogens with two attached hydrogens (primary N) is 1. The van der Waals surface area contributed by atoms with Gasteiger partial charge in [-0.3, -0.25) is 0 Å². The van der Waals surface area contributed by atoms with Crippen LogP contribution in [-0.2, 0) is 0 Å². The molecule has 0 saturated heterocycles. The minimum atomic E-state index is 0.412. The van der Waals surface area contributed by atoms with Gasteiger partial charge in [0.25, 0.3) is 0 Å². The Morgan fingerprint density at radius 2 is 1.68 bits per heavy atom. The smallest absolute Gasteiger partial charge is 0.0364 e. The van der Waals surface area contributed by atoms with Crippen molar-refractivity contribution in [1.82, 2.24) is 0 Å². The number of anilines is 2. The average Bonchev–Trinajstić information content (AvgIpc) is 2.18. The summed E-state index contributed by atoms with van der Waals surface area (Å²) >= 11 is 0. The quantitative estimate of drug-likeness (QED) is 0.763. The molecule has 2 heteroatoms. The van der Waals surface area contributed by atoms with Gasteiger partial charge in [-0.1, -0.05) is 33.8 Å². The SMILES string of the molecule is Cc1ccc(NC2CC(C)(C)CC(C)(C)C2)cc1N. The second-order valence-electron chi connectivity index (χ2n) is 7.83. The first-order valence-corrected chi connectivity index (χ1v) is 7.30. The van der Waals surface area contributed by atoms with Crippen LogP contribution in [0.1, 0.15) is 52.5 Å². The summed E-state index contributed by atoms with van der Waals surface area (Å²) in [5, 5.41) is 3.68. The normalized spacial score (nSPS) is 22.2. The van der Waals surface area contributed by atoms with Crippen LogP contribution in [-0.4, -0.2) is 6.04 Å². The molecule has 3 N–H and O–H groups in total. The maximum absolute atomic E-state index is 5.99. The minimum absolute atomic E-state index is 0.412. The lowest BCUT2D eigenvalue weighted by Crippen LogP contribution is -2.40. The molecule has 2 rings (SSSR count). The molecule has 1 saturated carbocycles. The van der Waals surface area contributed by atoms with E-state index in [1.807, 2.05) is 6.92 Å². The molecular formula is C17H28N2. The summed E-state index contributed by atoms with van der Waals surface area (Å²) in [5.41, 5.74) is 9.99. The van der Waals surface area contributed by atoms with Gasteiger partial charge in [-0.25, -0.2) is 0 Å². The maximum atomic E-state index is 5.99. The monoisotopic (exact) mass is 260 g/mol. The van der Waals surface area contributed by atoms with Gasteiger partial charge >= 0.3 is 0 Å². The molecule has 0 spiro atoms. The molecule has 0 aromatic heterocycles. The topological polar surface area (TPSA) is 38.0 Å². The van der Waals surface area contributed by atoms with Crippen molar-refractivity contribution < 1.29 is 0 Å². The average molecular weight is 260 g/mol. The zero-order chi connectivity index (χ0) is 14.3. The van der Waals surface area contributed by atoms with Gasteiger partial charge in [0, 0.05) is 17.4 Å². The Balaban J connectivity index is 2.11. The molecule has 1 aromatic carbocycles. The summed E-state index contributed by atoms with van der Waals surface area (Å²) in [6, 6.07) is 6.84. The van der Waals surface area contributed by atoms with Gasteiger partial charge in [0.1, 0.15) is 0 Å². The van der Waals surface area contributed by atoms with Gasteiger partial charge in [-0.2, -0.15) is 0 Å². The van der Waals surface area contributed by atoms with E-state index in [-0.39, 0.29) is 0 Å². The van der Waals surface area contributed by atoms with Gasteiger partial charge in [0.15, 0.2) is 0 Å². The van der Waals surface area contributed by atoms with Crippen molar-refractivity contribution in [2.45, 2.75) is 59.9 Å². The second-order valence-corrected chi connectivity index (χ2v) is 7.83. The van der Waals surface area contributed by atoms with E-state index in [0.717, 1.165) is 16.9 Å². The number of hydrogen-bond acceptors (Lipinski definition) is 2. The summed E-state index contributed by atoms with van der Waals surface area (Å²) in [4.78, 5) is 0. The van der Waals surface area contributed by atoms with Crippen molar-refractivity contribution in [3.8, 4) is 0 Å². The lowest BCUT2D eigenvalue weighted by molar-refractivity contribution is 0.105. The van der Waals surface area contributed by atoms with Gasteiger partial charge in [0.2, 0.25) is 0 Å². The highest BCUT2D eigenvalue weighted by molar-refractivity contribution is 5.58. The van der Waals surface area contributed by atoms with Crippen LogP contribution in [0.15, 0.2) is 18.2 Å². The first-order valence-electron chi connectivity index (χ1n) is 7.30. The van der Waals surface area contributed by atoms with Crippen molar-refractivity contribution in [2.24, 2.45) is 10.8 Å². The molecular weight excluding hydrogens is 232 g/mol. The highest BCUT2D eigenvalue weighted by Gasteiger charge is 2.38. The van der Waals surface area contributed by atoms with Crippen LogP contribution in [0.5, 0.6) is 0 Å². The zero-order valence-corrected chi connectivity index (χ0v) is 13.0. The third kappa shape index (κ3) is 3.65. The summed E-state index contributed by atoms with van der Waals surface area (Å²) in [6.45, 7) is 11.6. The lowest BCUT2D eigenvalue weighted by Gasteiger charge is -2.45. The van der Waals surface area contributed by atoms with E-state index in [1.165, 1.54) is 19.3 Å². The number of nitrogen functional groups attached to an aromatic ring is 1. The summed E-state index contributed by atoms with van der Waals surface area (Å²) in [7, 11) is 0. The fraction of sp³-hybridized carbons (Fsp3) is 0.647. The molecule has 0 bridgehead atoms. The van der Waals surface area contributed by atoms with E-state index in [1.54, 1.807) is 0 Å². The van der Waals surface area contributed by atoms with Crippen LogP contribution in [0.4, 0.5) is 11.4 Å². The highest BCUT2D eigenvalue weighted by atomic mass is 14.9. The van der Waals surface area contributed by atoms with Crippen LogP contribution in [0.3, 0.4) is 0 Å². The van der Waals surface area contributed by atoms with Gasteiger partial charge in [-0.05, 0) is 54.7 Å². The van der Waals surface area contributed by atoms with E-state index in [2.05, 4.69) is 51.2 Å². The number of rotatable bonds is 2. The van der Waals surface area contributed by atoms with Gasteiger partial charge in [-0.15, -0.1) is 0 Å². The third-order valence-corrected chi connectivity index (χ3v) is 4.21. The fourth-order valence-electron chi connectivity index (χ4n) is 3.91. The molecule has 0 heterocycles. The van der Waals surface area contributed by atoms with Crippen LogP contribution < -0.4 is 11.1 Å². The second kappa shape index (κ2) is 4.73. The lowest BCUT2D eigenvalue weighted by atomic mass is 9.63. The number of hydrogen-bond donors (Lipinski definition) is 2. The molecule has 0 unspecified atom stereocenters. The molecule has 2 nitrogen and oxygen atoms in total. The molecule has 19 heavy (non-hydrogen) atoms. The Morgan fingerprint density at radius 1 is 1.11 bits per heavy atom. The van der Waals surface area contributed by atoms with Crippen LogP contribution in [0, 0.1) is 17.8 Å². The maximum Gasteiger partial charge on any atom is 0.0364 e. The first-order chi connectivity index (χ1) is 8.67. The van der Waals surface area contributed by atoms with Crippen molar-refractivity contribution >= 4 is 11.4 Å². The van der Waals surface area contributed by atoms with Gasteiger partial charge in [0.05, 0.1) is 0 Å². The molecule has 0 radical (unpaired) electrons. The molecule has 0 aliphatic heterocycles. The highest BCUT2D eigenvalue weighted by Crippen LogP contribution is 2.46. The van der Waals surface area contributed by atoms with Crippen molar-refractivity contribution in [3.05, 3.63) is 23.8 Å². The molecule has 106 valence electrons. The Kier molecular flexibility index (Phi) is 3.55. The van der Waals surface area contributed by atoms with Crippen LogP contribution >= 0.6 is 0 Å². The number of aryl methyl sites for hydroxylation is 1. The summed E-state index contributed by atoms with van der Waals surface area (Å²) < 4.78 is 0. The molecule has 1 aliphatic rings. The minimum Gasteiger partial charge on any atom is -0.398 e. The van der Waals surface area contributed by atoms with Gasteiger partial charge < -0.3 is 11.1 Å². The summed E-state index contributed by atoms with van der Waals surface area (Å²) in [6.07, 6.45) is 3.75. The Bertz CT molecular complexity index is 444. The fourth-order valence-corrected chi connectivity index (χ4v) is 3.91. The van der Waals surface area contributed by atoms with Crippen LogP contribution in [0.2, 0.25) is 0 Å². The Morgan fingerprint density at radius 3 is 2.21 bits per heavy atom. The molecule has 0 atom stereocenters. The predicted molar refractivity (Wildman–Crippen MR) is 84.4 cm³/mol. The van der Waals surface area contributed by atoms with E-state index in [9.17, 15) is 0 Å². The predicted octanol–water partition coefficient (Wildman–Crippen LogP) is 4.59. The Hall–Kier alpha value is -1.18. The van der Waals surface area contributed by atoms with Crippen molar-refractivity contribution in [3.63, 3.8) is 0 Å². The van der Waals surface area contributed by atoms with E-state index in [0.29, 0.717) is 16.9 Å². The van der Waals surface area contributed by atoms with E-state index < -0.39 is 0 Å². The molecule has 0 amide bonds. The Labute approximate surface area is 117 Å². The van der Waals surface area contributed by atoms with E-state index in [4.69, 9.17) is 5.73 Å². The zero-order valence-electron chi connectivity index (χ0n) is 13.0. The third-order valence-electron chi connectivity index (χ3n) is 4.21. The first kappa shape index (κ1) is 14.2.